The fourth-order valence-electron chi connectivity index (χ4n) is 1.42. The van der Waals surface area contributed by atoms with Crippen LogP contribution in [0.3, 0.4) is 0 Å². The molecule has 78 valence electrons. The molecule has 0 fully saturated rings. The third-order valence-corrected chi connectivity index (χ3v) is 2.42. The highest BCUT2D eigenvalue weighted by atomic mass is 16.3. The summed E-state index contributed by atoms with van der Waals surface area (Å²) < 4.78 is 1.67. The zero-order valence-electron chi connectivity index (χ0n) is 8.65. The van der Waals surface area contributed by atoms with Crippen LogP contribution in [-0.4, -0.2) is 15.3 Å². The highest BCUT2D eigenvalue weighted by Gasteiger charge is 2.25. The predicted octanol–water partition coefficient (Wildman–Crippen LogP) is 0.674. The average molecular weight is 198 g/mol. The summed E-state index contributed by atoms with van der Waals surface area (Å²) in [6.45, 7) is 3.61. The second-order valence-electron chi connectivity index (χ2n) is 3.39. The fraction of sp³-hybridized carbons (Fsp3) is 0.500. The Hall–Kier alpha value is -1.29. The standard InChI is InChI=1S/C10H15NO3/c1-4-7(12)9-10(14)8(13)5-6(2)11(9)3/h5,7,12,14H,4H2,1-3H3/p+1. The predicted molar refractivity (Wildman–Crippen MR) is 50.9 cm³/mol. The van der Waals surface area contributed by atoms with Crippen LogP contribution in [0, 0.1) is 6.92 Å². The summed E-state index contributed by atoms with van der Waals surface area (Å²) in [5.41, 5.74) is 1.13. The maximum absolute atomic E-state index is 9.65. The van der Waals surface area contributed by atoms with Gasteiger partial charge in [0, 0.05) is 6.92 Å². The topological polar surface area (TPSA) is 64.6 Å². The Morgan fingerprint density at radius 1 is 1.43 bits per heavy atom. The van der Waals surface area contributed by atoms with Gasteiger partial charge >= 0.3 is 0 Å². The molecule has 0 bridgehead atoms. The van der Waals surface area contributed by atoms with Gasteiger partial charge in [-0.1, -0.05) is 6.92 Å². The van der Waals surface area contributed by atoms with Crippen molar-refractivity contribution in [2.45, 2.75) is 26.4 Å². The lowest BCUT2D eigenvalue weighted by atomic mass is 10.1. The first-order chi connectivity index (χ1) is 6.49. The van der Waals surface area contributed by atoms with Crippen molar-refractivity contribution in [3.63, 3.8) is 0 Å². The first-order valence-electron chi connectivity index (χ1n) is 4.58. The molecule has 0 aromatic carbocycles. The summed E-state index contributed by atoms with van der Waals surface area (Å²) in [6, 6.07) is 1.46. The monoisotopic (exact) mass is 198 g/mol. The van der Waals surface area contributed by atoms with Crippen LogP contribution in [0.15, 0.2) is 6.07 Å². The molecule has 1 heterocycles. The average Bonchev–Trinajstić information content (AvgIpc) is 2.15. The first-order valence-corrected chi connectivity index (χ1v) is 4.58. The van der Waals surface area contributed by atoms with Crippen molar-refractivity contribution < 1.29 is 19.9 Å². The third-order valence-electron chi connectivity index (χ3n) is 2.42. The number of hydrogen-bond donors (Lipinski definition) is 3. The summed E-state index contributed by atoms with van der Waals surface area (Å²) in [6.07, 6.45) is -0.268. The molecule has 0 radical (unpaired) electrons. The first kappa shape index (κ1) is 10.8. The van der Waals surface area contributed by atoms with Crippen molar-refractivity contribution in [1.82, 2.24) is 0 Å². The number of rotatable bonds is 2. The Morgan fingerprint density at radius 2 is 2.00 bits per heavy atom. The van der Waals surface area contributed by atoms with Crippen molar-refractivity contribution in [2.24, 2.45) is 7.05 Å². The smallest absolute Gasteiger partial charge is 0.256 e. The molecule has 0 saturated carbocycles. The van der Waals surface area contributed by atoms with E-state index in [1.807, 2.05) is 6.92 Å². The van der Waals surface area contributed by atoms with E-state index in [-0.39, 0.29) is 11.5 Å². The number of aliphatic hydroxyl groups excluding tert-OH is 1. The van der Waals surface area contributed by atoms with Crippen molar-refractivity contribution >= 4 is 0 Å². The zero-order chi connectivity index (χ0) is 10.9. The number of pyridine rings is 1. The lowest BCUT2D eigenvalue weighted by Gasteiger charge is -2.10. The molecular formula is C10H16NO3+. The highest BCUT2D eigenvalue weighted by Crippen LogP contribution is 2.31. The minimum Gasteiger partial charge on any atom is -0.504 e. The van der Waals surface area contributed by atoms with E-state index in [9.17, 15) is 15.3 Å². The summed E-state index contributed by atoms with van der Waals surface area (Å²) in [7, 11) is 1.74. The normalized spacial score (nSPS) is 12.9. The number of aliphatic hydroxyl groups is 1. The Balaban J connectivity index is 3.39. The van der Waals surface area contributed by atoms with Crippen molar-refractivity contribution in [1.29, 1.82) is 0 Å². The van der Waals surface area contributed by atoms with Gasteiger partial charge in [-0.3, -0.25) is 0 Å². The van der Waals surface area contributed by atoms with Crippen LogP contribution in [0.1, 0.15) is 30.8 Å². The van der Waals surface area contributed by atoms with Crippen LogP contribution in [-0.2, 0) is 7.05 Å². The molecular weight excluding hydrogens is 182 g/mol. The summed E-state index contributed by atoms with van der Waals surface area (Å²) in [4.78, 5) is 0. The lowest BCUT2D eigenvalue weighted by Crippen LogP contribution is -2.38. The van der Waals surface area contributed by atoms with Gasteiger partial charge in [0.05, 0.1) is 6.07 Å². The molecule has 0 aliphatic heterocycles. The molecule has 4 heteroatoms. The maximum atomic E-state index is 9.65. The van der Waals surface area contributed by atoms with Gasteiger partial charge in [0.25, 0.3) is 5.69 Å². The Bertz CT molecular complexity index is 323. The number of hydrogen-bond acceptors (Lipinski definition) is 3. The number of aryl methyl sites for hydroxylation is 1. The highest BCUT2D eigenvalue weighted by molar-refractivity contribution is 5.39. The summed E-state index contributed by atoms with van der Waals surface area (Å²) in [5.74, 6) is -0.435. The maximum Gasteiger partial charge on any atom is 0.256 e. The Morgan fingerprint density at radius 3 is 2.50 bits per heavy atom. The van der Waals surface area contributed by atoms with Crippen LogP contribution >= 0.6 is 0 Å². The number of aromatic hydroxyl groups is 2. The van der Waals surface area contributed by atoms with Gasteiger partial charge in [0.1, 0.15) is 13.2 Å². The van der Waals surface area contributed by atoms with Gasteiger partial charge in [-0.2, -0.15) is 4.57 Å². The van der Waals surface area contributed by atoms with Gasteiger partial charge in [0.15, 0.2) is 11.4 Å². The molecule has 1 aromatic heterocycles. The van der Waals surface area contributed by atoms with E-state index in [4.69, 9.17) is 0 Å². The largest absolute Gasteiger partial charge is 0.504 e. The van der Waals surface area contributed by atoms with Crippen LogP contribution in [0.4, 0.5) is 0 Å². The molecule has 4 nitrogen and oxygen atoms in total. The zero-order valence-corrected chi connectivity index (χ0v) is 8.65. The summed E-state index contributed by atoms with van der Waals surface area (Å²) in [5, 5.41) is 28.6. The van der Waals surface area contributed by atoms with Gasteiger partial charge < -0.3 is 15.3 Å². The quantitative estimate of drug-likeness (QED) is 0.612. The molecule has 14 heavy (non-hydrogen) atoms. The molecule has 1 rings (SSSR count). The molecule has 1 aromatic rings. The second kappa shape index (κ2) is 3.84. The van der Waals surface area contributed by atoms with E-state index in [0.29, 0.717) is 12.1 Å². The van der Waals surface area contributed by atoms with Gasteiger partial charge in [-0.05, 0) is 6.42 Å². The van der Waals surface area contributed by atoms with Gasteiger partial charge in [-0.15, -0.1) is 0 Å². The Kier molecular flexibility index (Phi) is 2.96. The van der Waals surface area contributed by atoms with E-state index in [1.54, 1.807) is 18.5 Å². The van der Waals surface area contributed by atoms with E-state index in [0.717, 1.165) is 5.69 Å². The van der Waals surface area contributed by atoms with Crippen LogP contribution in [0.5, 0.6) is 11.5 Å². The van der Waals surface area contributed by atoms with E-state index in [2.05, 4.69) is 0 Å². The van der Waals surface area contributed by atoms with E-state index in [1.165, 1.54) is 6.07 Å². The van der Waals surface area contributed by atoms with Gasteiger partial charge in [-0.25, -0.2) is 0 Å². The minimum atomic E-state index is -0.759. The van der Waals surface area contributed by atoms with Crippen molar-refractivity contribution in [3.8, 4) is 11.5 Å². The molecule has 1 unspecified atom stereocenters. The minimum absolute atomic E-state index is 0.192. The number of aromatic nitrogens is 1. The molecule has 0 aliphatic carbocycles. The van der Waals surface area contributed by atoms with E-state index >= 15 is 0 Å². The molecule has 0 saturated heterocycles. The van der Waals surface area contributed by atoms with Gasteiger partial charge in [0.2, 0.25) is 5.75 Å². The van der Waals surface area contributed by atoms with E-state index < -0.39 is 6.10 Å². The molecule has 0 spiro atoms. The molecule has 3 N–H and O–H groups in total. The van der Waals surface area contributed by atoms with Crippen LogP contribution in [0.2, 0.25) is 0 Å². The van der Waals surface area contributed by atoms with Crippen LogP contribution in [0.25, 0.3) is 0 Å². The van der Waals surface area contributed by atoms with Crippen molar-refractivity contribution in [2.75, 3.05) is 0 Å². The second-order valence-corrected chi connectivity index (χ2v) is 3.39. The molecule has 0 aliphatic rings. The lowest BCUT2D eigenvalue weighted by molar-refractivity contribution is -0.689. The molecule has 1 atom stereocenters. The summed E-state index contributed by atoms with van der Waals surface area (Å²) >= 11 is 0. The van der Waals surface area contributed by atoms with Crippen LogP contribution < -0.4 is 4.57 Å². The SMILES string of the molecule is CCC(O)c1c(O)c(O)cc(C)[n+]1C. The number of nitrogens with zero attached hydrogens (tertiary/aromatic N) is 1. The van der Waals surface area contributed by atoms with Crippen molar-refractivity contribution in [3.05, 3.63) is 17.5 Å². The third kappa shape index (κ3) is 1.65. The fourth-order valence-corrected chi connectivity index (χ4v) is 1.42. The molecule has 0 amide bonds. The Labute approximate surface area is 83.1 Å².